The van der Waals surface area contributed by atoms with Gasteiger partial charge in [-0.3, -0.25) is 9.59 Å². The lowest BCUT2D eigenvalue weighted by Crippen LogP contribution is -2.30. The maximum Gasteiger partial charge on any atom is 0.311 e. The van der Waals surface area contributed by atoms with E-state index in [-0.39, 0.29) is 24.6 Å². The molecule has 1 aliphatic heterocycles. The van der Waals surface area contributed by atoms with Crippen LogP contribution in [0.4, 0.5) is 0 Å². The Morgan fingerprint density at radius 3 is 2.62 bits per heavy atom. The normalized spacial score (nSPS) is 23.1. The Kier molecular flexibility index (Phi) is 4.33. The smallest absolute Gasteiger partial charge is 0.311 e. The molecule has 0 aliphatic carbocycles. The minimum Gasteiger partial charge on any atom is -0.481 e. The molecule has 1 aromatic rings. The van der Waals surface area contributed by atoms with Crippen molar-refractivity contribution in [3.05, 3.63) is 18.6 Å². The van der Waals surface area contributed by atoms with Crippen molar-refractivity contribution in [2.45, 2.75) is 11.8 Å². The Labute approximate surface area is 121 Å². The number of carbonyl (C=O) groups excluding carboxylic acids is 1. The van der Waals surface area contributed by atoms with Crippen LogP contribution in [-0.2, 0) is 24.3 Å². The minimum atomic E-state index is -3.87. The molecule has 0 saturated carbocycles. The number of furan rings is 1. The summed E-state index contributed by atoms with van der Waals surface area (Å²) < 4.78 is 35.1. The van der Waals surface area contributed by atoms with Crippen LogP contribution in [0.25, 0.3) is 0 Å². The molecule has 0 radical (unpaired) electrons. The summed E-state index contributed by atoms with van der Waals surface area (Å²) in [5, 5.41) is 9.17. The zero-order valence-electron chi connectivity index (χ0n) is 11.3. The summed E-state index contributed by atoms with van der Waals surface area (Å²) in [5.74, 6) is -4.05. The predicted octanol–water partition coefficient (Wildman–Crippen LogP) is 0.164. The van der Waals surface area contributed by atoms with Crippen molar-refractivity contribution in [3.63, 3.8) is 0 Å². The fourth-order valence-electron chi connectivity index (χ4n) is 2.25. The van der Waals surface area contributed by atoms with Crippen LogP contribution in [0.15, 0.2) is 27.9 Å². The van der Waals surface area contributed by atoms with Gasteiger partial charge in [-0.05, 0) is 13.0 Å². The molecule has 1 aliphatic rings. The minimum absolute atomic E-state index is 0.0730. The number of esters is 1. The molecule has 2 atom stereocenters. The zero-order chi connectivity index (χ0) is 15.6. The zero-order valence-corrected chi connectivity index (χ0v) is 12.1. The number of carboxylic acids is 1. The first-order valence-electron chi connectivity index (χ1n) is 6.29. The van der Waals surface area contributed by atoms with E-state index in [4.69, 9.17) is 14.3 Å². The SMILES string of the molecule is CCOC(=O)[C@@H]1CN(S(=O)(=O)c2ccoc2)C[C@H]1C(=O)O. The van der Waals surface area contributed by atoms with Crippen LogP contribution in [0.3, 0.4) is 0 Å². The summed E-state index contributed by atoms with van der Waals surface area (Å²) in [4.78, 5) is 23.0. The van der Waals surface area contributed by atoms with Crippen LogP contribution in [0.2, 0.25) is 0 Å². The molecule has 8 nitrogen and oxygen atoms in total. The average molecular weight is 317 g/mol. The number of aliphatic carboxylic acids is 1. The topological polar surface area (TPSA) is 114 Å². The number of carboxylic acid groups (broad SMARTS) is 1. The van der Waals surface area contributed by atoms with E-state index in [0.29, 0.717) is 0 Å². The van der Waals surface area contributed by atoms with E-state index >= 15 is 0 Å². The number of hydrogen-bond donors (Lipinski definition) is 1. The van der Waals surface area contributed by atoms with Crippen molar-refractivity contribution in [3.8, 4) is 0 Å². The third kappa shape index (κ3) is 2.93. The summed E-state index contributed by atoms with van der Waals surface area (Å²) in [6.07, 6.45) is 2.27. The lowest BCUT2D eigenvalue weighted by Gasteiger charge is -2.14. The third-order valence-corrected chi connectivity index (χ3v) is 5.13. The fraction of sp³-hybridized carbons (Fsp3) is 0.500. The van der Waals surface area contributed by atoms with Crippen molar-refractivity contribution in [1.82, 2.24) is 4.31 Å². The van der Waals surface area contributed by atoms with Gasteiger partial charge in [0.05, 0.1) is 24.7 Å². The Morgan fingerprint density at radius 2 is 2.10 bits per heavy atom. The lowest BCUT2D eigenvalue weighted by molar-refractivity contribution is -0.155. The van der Waals surface area contributed by atoms with Gasteiger partial charge in [-0.15, -0.1) is 0 Å². The van der Waals surface area contributed by atoms with Gasteiger partial charge in [0.1, 0.15) is 11.2 Å². The van der Waals surface area contributed by atoms with Crippen molar-refractivity contribution in [1.29, 1.82) is 0 Å². The molecule has 0 bridgehead atoms. The highest BCUT2D eigenvalue weighted by Crippen LogP contribution is 2.30. The number of rotatable bonds is 5. The third-order valence-electron chi connectivity index (χ3n) is 3.33. The highest BCUT2D eigenvalue weighted by atomic mass is 32.2. The van der Waals surface area contributed by atoms with Crippen molar-refractivity contribution in [2.75, 3.05) is 19.7 Å². The molecule has 0 aromatic carbocycles. The van der Waals surface area contributed by atoms with Crippen LogP contribution in [0.5, 0.6) is 0 Å². The molecule has 116 valence electrons. The predicted molar refractivity (Wildman–Crippen MR) is 68.7 cm³/mol. The van der Waals surface area contributed by atoms with E-state index in [1.54, 1.807) is 6.92 Å². The van der Waals surface area contributed by atoms with E-state index in [9.17, 15) is 18.0 Å². The summed E-state index contributed by atoms with van der Waals surface area (Å²) in [7, 11) is -3.87. The number of sulfonamides is 1. The van der Waals surface area contributed by atoms with Gasteiger partial charge in [0.15, 0.2) is 0 Å². The Morgan fingerprint density at radius 1 is 1.43 bits per heavy atom. The van der Waals surface area contributed by atoms with Crippen LogP contribution in [0.1, 0.15) is 6.92 Å². The molecule has 9 heteroatoms. The number of nitrogens with zero attached hydrogens (tertiary/aromatic N) is 1. The number of hydrogen-bond acceptors (Lipinski definition) is 6. The lowest BCUT2D eigenvalue weighted by atomic mass is 9.96. The van der Waals surface area contributed by atoms with Gasteiger partial charge in [0.25, 0.3) is 0 Å². The monoisotopic (exact) mass is 317 g/mol. The fourth-order valence-corrected chi connectivity index (χ4v) is 3.67. The standard InChI is InChI=1S/C12H15NO7S/c1-2-20-12(16)10-6-13(5-9(10)11(14)15)21(17,18)8-3-4-19-7-8/h3-4,7,9-10H,2,5-6H2,1H3,(H,14,15)/t9-,10-/m1/s1. The molecule has 1 fully saturated rings. The van der Waals surface area contributed by atoms with Crippen molar-refractivity contribution in [2.24, 2.45) is 11.8 Å². The van der Waals surface area contributed by atoms with Gasteiger partial charge in [-0.2, -0.15) is 4.31 Å². The maximum absolute atomic E-state index is 12.3. The average Bonchev–Trinajstić information content (AvgIpc) is 3.09. The van der Waals surface area contributed by atoms with Gasteiger partial charge in [-0.1, -0.05) is 0 Å². The maximum atomic E-state index is 12.3. The highest BCUT2D eigenvalue weighted by molar-refractivity contribution is 7.89. The molecule has 1 saturated heterocycles. The van der Waals surface area contributed by atoms with Crippen LogP contribution in [-0.4, -0.2) is 49.5 Å². The van der Waals surface area contributed by atoms with Crippen molar-refractivity contribution < 1.29 is 32.3 Å². The Hall–Kier alpha value is -1.87. The highest BCUT2D eigenvalue weighted by Gasteiger charge is 2.47. The quantitative estimate of drug-likeness (QED) is 0.769. The summed E-state index contributed by atoms with van der Waals surface area (Å²) in [6.45, 7) is 1.22. The van der Waals surface area contributed by atoms with Gasteiger partial charge in [0, 0.05) is 13.1 Å². The van der Waals surface area contributed by atoms with Gasteiger partial charge >= 0.3 is 11.9 Å². The van der Waals surface area contributed by atoms with E-state index in [1.165, 1.54) is 12.3 Å². The molecule has 21 heavy (non-hydrogen) atoms. The van der Waals surface area contributed by atoms with Gasteiger partial charge in [0.2, 0.25) is 10.0 Å². The summed E-state index contributed by atoms with van der Waals surface area (Å²) in [6, 6.07) is 1.27. The van der Waals surface area contributed by atoms with Gasteiger partial charge in [-0.25, -0.2) is 8.42 Å². The number of ether oxygens (including phenoxy) is 1. The molecule has 2 heterocycles. The second kappa shape index (κ2) is 5.86. The van der Waals surface area contributed by atoms with Crippen LogP contribution >= 0.6 is 0 Å². The first-order chi connectivity index (χ1) is 9.87. The first kappa shape index (κ1) is 15.5. The Bertz CT molecular complexity index is 622. The molecule has 0 unspecified atom stereocenters. The van der Waals surface area contributed by atoms with E-state index in [0.717, 1.165) is 10.6 Å². The molecule has 0 spiro atoms. The van der Waals surface area contributed by atoms with Gasteiger partial charge < -0.3 is 14.3 Å². The van der Waals surface area contributed by atoms with Crippen LogP contribution in [0, 0.1) is 11.8 Å². The molecular formula is C12H15NO7S. The van der Waals surface area contributed by atoms with Crippen molar-refractivity contribution >= 4 is 22.0 Å². The molecule has 0 amide bonds. The summed E-state index contributed by atoms with van der Waals surface area (Å²) >= 11 is 0. The Balaban J connectivity index is 2.25. The molecule has 1 aromatic heterocycles. The summed E-state index contributed by atoms with van der Waals surface area (Å²) in [5.41, 5.74) is 0. The second-order valence-corrected chi connectivity index (χ2v) is 6.52. The van der Waals surface area contributed by atoms with E-state index in [2.05, 4.69) is 0 Å². The van der Waals surface area contributed by atoms with E-state index < -0.39 is 33.8 Å². The number of carbonyl (C=O) groups is 2. The first-order valence-corrected chi connectivity index (χ1v) is 7.73. The van der Waals surface area contributed by atoms with E-state index in [1.807, 2.05) is 0 Å². The largest absolute Gasteiger partial charge is 0.481 e. The second-order valence-electron chi connectivity index (χ2n) is 4.58. The molecule has 2 rings (SSSR count). The molecule has 1 N–H and O–H groups in total. The van der Waals surface area contributed by atoms with Crippen LogP contribution < -0.4 is 0 Å². The molecular weight excluding hydrogens is 302 g/mol.